The van der Waals surface area contributed by atoms with E-state index in [0.29, 0.717) is 22.3 Å². The van der Waals surface area contributed by atoms with Gasteiger partial charge < -0.3 is 4.90 Å². The van der Waals surface area contributed by atoms with Crippen LogP contribution in [0.1, 0.15) is 11.4 Å². The molecule has 0 unspecified atom stereocenters. The van der Waals surface area contributed by atoms with Crippen molar-refractivity contribution in [2.45, 2.75) is 0 Å². The van der Waals surface area contributed by atoms with Crippen LogP contribution in [0.25, 0.3) is 22.6 Å². The normalized spacial score (nSPS) is 15.2. The fourth-order valence-corrected chi connectivity index (χ4v) is 3.42. The van der Waals surface area contributed by atoms with E-state index in [4.69, 9.17) is 0 Å². The molecular formula is C19H14BrN3O2. The van der Waals surface area contributed by atoms with Crippen molar-refractivity contribution < 1.29 is 4.79 Å². The summed E-state index contributed by atoms with van der Waals surface area (Å²) in [6.07, 6.45) is 1.69. The minimum absolute atomic E-state index is 0.115. The van der Waals surface area contributed by atoms with E-state index in [1.54, 1.807) is 37.2 Å². The second kappa shape index (κ2) is 5.67. The van der Waals surface area contributed by atoms with Gasteiger partial charge in [0, 0.05) is 24.1 Å². The highest BCUT2D eigenvalue weighted by molar-refractivity contribution is 9.10. The van der Waals surface area contributed by atoms with Gasteiger partial charge in [-0.2, -0.15) is 0 Å². The van der Waals surface area contributed by atoms with E-state index in [9.17, 15) is 9.59 Å². The van der Waals surface area contributed by atoms with Crippen LogP contribution in [0.15, 0.2) is 51.7 Å². The quantitative estimate of drug-likeness (QED) is 0.594. The highest BCUT2D eigenvalue weighted by Crippen LogP contribution is 2.38. The maximum atomic E-state index is 12.7. The summed E-state index contributed by atoms with van der Waals surface area (Å²) < 4.78 is 2.36. The first-order chi connectivity index (χ1) is 12.0. The monoisotopic (exact) mass is 395 g/mol. The van der Waals surface area contributed by atoms with E-state index >= 15 is 0 Å². The molecule has 0 fully saturated rings. The summed E-state index contributed by atoms with van der Waals surface area (Å²) in [5.74, 6) is 0.337. The standard InChI is InChI=1S/C19H14BrN3O2/c1-22-16-8-7-11(20)9-13(16)14(19(22)25)10-17-21-15-6-4-3-5-12(15)18(24)23(17)2/h3-10H,1-2H3/b14-10+. The second-order valence-corrected chi connectivity index (χ2v) is 6.85. The van der Waals surface area contributed by atoms with Crippen LogP contribution in [0.4, 0.5) is 5.69 Å². The third-order valence-corrected chi connectivity index (χ3v) is 4.93. The van der Waals surface area contributed by atoms with Crippen LogP contribution in [0.2, 0.25) is 0 Å². The molecule has 4 rings (SSSR count). The molecule has 2 aromatic carbocycles. The van der Waals surface area contributed by atoms with E-state index in [2.05, 4.69) is 20.9 Å². The van der Waals surface area contributed by atoms with E-state index < -0.39 is 0 Å². The summed E-state index contributed by atoms with van der Waals surface area (Å²) in [6.45, 7) is 0. The van der Waals surface area contributed by atoms with Crippen LogP contribution in [-0.4, -0.2) is 22.5 Å². The molecule has 2 heterocycles. The third kappa shape index (κ3) is 2.41. The lowest BCUT2D eigenvalue weighted by molar-refractivity contribution is -0.112. The summed E-state index contributed by atoms with van der Waals surface area (Å²) >= 11 is 3.45. The van der Waals surface area contributed by atoms with Crippen molar-refractivity contribution in [3.8, 4) is 0 Å². The molecule has 3 aromatic rings. The molecule has 0 saturated carbocycles. The van der Waals surface area contributed by atoms with Gasteiger partial charge in [0.25, 0.3) is 11.5 Å². The first-order valence-corrected chi connectivity index (χ1v) is 8.52. The van der Waals surface area contributed by atoms with E-state index in [0.717, 1.165) is 15.7 Å². The zero-order valence-corrected chi connectivity index (χ0v) is 15.2. The number of nitrogens with zero attached hydrogens (tertiary/aromatic N) is 3. The lowest BCUT2D eigenvalue weighted by Gasteiger charge is -2.08. The maximum absolute atomic E-state index is 12.7. The Morgan fingerprint density at radius 3 is 2.64 bits per heavy atom. The molecule has 0 N–H and O–H groups in total. The summed E-state index contributed by atoms with van der Waals surface area (Å²) in [5, 5.41) is 0.560. The van der Waals surface area contributed by atoms with Gasteiger partial charge in [-0.3, -0.25) is 14.2 Å². The molecule has 1 aliphatic rings. The SMILES string of the molecule is CN1C(=O)/C(=C/c2nc3ccccc3c(=O)n2C)c2cc(Br)ccc21. The lowest BCUT2D eigenvalue weighted by Crippen LogP contribution is -2.22. The molecular weight excluding hydrogens is 382 g/mol. The first kappa shape index (κ1) is 15.8. The van der Waals surface area contributed by atoms with Crippen molar-refractivity contribution in [1.29, 1.82) is 0 Å². The number of hydrogen-bond acceptors (Lipinski definition) is 3. The molecule has 0 bridgehead atoms. The zero-order valence-electron chi connectivity index (χ0n) is 13.7. The van der Waals surface area contributed by atoms with Crippen molar-refractivity contribution in [3.63, 3.8) is 0 Å². The van der Waals surface area contributed by atoms with Crippen molar-refractivity contribution in [3.05, 3.63) is 68.7 Å². The number of benzene rings is 2. The Balaban J connectivity index is 1.97. The van der Waals surface area contributed by atoms with Gasteiger partial charge in [0.05, 0.1) is 22.2 Å². The first-order valence-electron chi connectivity index (χ1n) is 7.73. The Morgan fingerprint density at radius 1 is 1.08 bits per heavy atom. The van der Waals surface area contributed by atoms with Crippen LogP contribution >= 0.6 is 15.9 Å². The number of rotatable bonds is 1. The van der Waals surface area contributed by atoms with Gasteiger partial charge in [-0.15, -0.1) is 0 Å². The highest BCUT2D eigenvalue weighted by atomic mass is 79.9. The number of fused-ring (bicyclic) bond motifs is 2. The number of carbonyl (C=O) groups excluding carboxylic acids is 1. The van der Waals surface area contributed by atoms with Crippen LogP contribution in [-0.2, 0) is 11.8 Å². The minimum Gasteiger partial charge on any atom is -0.311 e. The Bertz CT molecular complexity index is 1130. The van der Waals surface area contributed by atoms with Gasteiger partial charge in [-0.25, -0.2) is 4.98 Å². The largest absolute Gasteiger partial charge is 0.311 e. The molecule has 124 valence electrons. The Morgan fingerprint density at radius 2 is 1.84 bits per heavy atom. The van der Waals surface area contributed by atoms with Crippen molar-refractivity contribution in [1.82, 2.24) is 9.55 Å². The number of anilines is 1. The molecule has 0 radical (unpaired) electrons. The summed E-state index contributed by atoms with van der Waals surface area (Å²) in [6, 6.07) is 12.9. The maximum Gasteiger partial charge on any atom is 0.261 e. The van der Waals surface area contributed by atoms with Gasteiger partial charge >= 0.3 is 0 Å². The molecule has 6 heteroatoms. The second-order valence-electron chi connectivity index (χ2n) is 5.93. The Labute approximate surface area is 152 Å². The minimum atomic E-state index is -0.134. The molecule has 1 amide bonds. The van der Waals surface area contributed by atoms with Gasteiger partial charge in [-0.05, 0) is 36.4 Å². The Kier molecular flexibility index (Phi) is 3.58. The van der Waals surface area contributed by atoms with Crippen LogP contribution < -0.4 is 10.5 Å². The molecule has 5 nitrogen and oxygen atoms in total. The average molecular weight is 396 g/mol. The van der Waals surface area contributed by atoms with Crippen LogP contribution in [0.5, 0.6) is 0 Å². The Hall–Kier alpha value is -2.73. The third-order valence-electron chi connectivity index (χ3n) is 4.44. The molecule has 0 spiro atoms. The van der Waals surface area contributed by atoms with Crippen molar-refractivity contribution >= 4 is 50.1 Å². The number of aromatic nitrogens is 2. The molecule has 1 aromatic heterocycles. The van der Waals surface area contributed by atoms with E-state index in [-0.39, 0.29) is 11.5 Å². The number of likely N-dealkylation sites (N-methyl/N-ethyl adjacent to an activating group) is 1. The number of carbonyl (C=O) groups is 1. The fraction of sp³-hybridized carbons (Fsp3) is 0.105. The lowest BCUT2D eigenvalue weighted by atomic mass is 10.1. The van der Waals surface area contributed by atoms with Gasteiger partial charge in [0.15, 0.2) is 0 Å². The average Bonchev–Trinajstić information content (AvgIpc) is 2.84. The van der Waals surface area contributed by atoms with Gasteiger partial charge in [0.2, 0.25) is 0 Å². The molecule has 0 aliphatic carbocycles. The van der Waals surface area contributed by atoms with Crippen molar-refractivity contribution in [2.24, 2.45) is 7.05 Å². The summed E-state index contributed by atoms with van der Waals surface area (Å²) in [5.41, 5.74) is 2.67. The molecule has 0 saturated heterocycles. The van der Waals surface area contributed by atoms with E-state index in [1.165, 1.54) is 4.57 Å². The predicted octanol–water partition coefficient (Wildman–Crippen LogP) is 3.21. The van der Waals surface area contributed by atoms with E-state index in [1.807, 2.05) is 30.3 Å². The van der Waals surface area contributed by atoms with Crippen molar-refractivity contribution in [2.75, 3.05) is 11.9 Å². The zero-order chi connectivity index (χ0) is 17.7. The molecule has 0 atom stereocenters. The number of hydrogen-bond donors (Lipinski definition) is 0. The highest BCUT2D eigenvalue weighted by Gasteiger charge is 2.30. The smallest absolute Gasteiger partial charge is 0.261 e. The summed E-state index contributed by atoms with van der Waals surface area (Å²) in [7, 11) is 3.40. The van der Waals surface area contributed by atoms with Crippen LogP contribution in [0, 0.1) is 0 Å². The number of halogens is 1. The van der Waals surface area contributed by atoms with Gasteiger partial charge in [-0.1, -0.05) is 28.1 Å². The molecule has 1 aliphatic heterocycles. The van der Waals surface area contributed by atoms with Crippen LogP contribution in [0.3, 0.4) is 0 Å². The topological polar surface area (TPSA) is 55.2 Å². The summed E-state index contributed by atoms with van der Waals surface area (Å²) in [4.78, 5) is 31.4. The van der Waals surface area contributed by atoms with Gasteiger partial charge in [0.1, 0.15) is 5.82 Å². The predicted molar refractivity (Wildman–Crippen MR) is 102 cm³/mol. The number of amides is 1. The number of para-hydroxylation sites is 1. The molecule has 25 heavy (non-hydrogen) atoms. The fourth-order valence-electron chi connectivity index (χ4n) is 3.05.